The van der Waals surface area contributed by atoms with E-state index >= 15 is 0 Å². The van der Waals surface area contributed by atoms with E-state index in [4.69, 9.17) is 4.74 Å². The van der Waals surface area contributed by atoms with Crippen LogP contribution in [0.2, 0.25) is 0 Å². The molecule has 0 saturated carbocycles. The molecule has 0 atom stereocenters. The summed E-state index contributed by atoms with van der Waals surface area (Å²) in [6.07, 6.45) is 0.671. The zero-order chi connectivity index (χ0) is 19.3. The summed E-state index contributed by atoms with van der Waals surface area (Å²) in [6, 6.07) is 12.1. The van der Waals surface area contributed by atoms with Crippen molar-refractivity contribution in [2.45, 2.75) is 6.42 Å². The van der Waals surface area contributed by atoms with Gasteiger partial charge in [0.15, 0.2) is 11.6 Å². The largest absolute Gasteiger partial charge is 0.489 e. The van der Waals surface area contributed by atoms with Crippen molar-refractivity contribution in [3.63, 3.8) is 0 Å². The molecule has 0 unspecified atom stereocenters. The first kappa shape index (κ1) is 19.6. The summed E-state index contributed by atoms with van der Waals surface area (Å²) >= 11 is 0. The monoisotopic (exact) mass is 396 g/mol. The number of nitrogens with zero attached hydrogens (tertiary/aromatic N) is 2. The molecule has 2 aromatic carbocycles. The van der Waals surface area contributed by atoms with Gasteiger partial charge >= 0.3 is 0 Å². The summed E-state index contributed by atoms with van der Waals surface area (Å²) in [6.45, 7) is 1.88. The molecule has 0 aromatic heterocycles. The number of ether oxygens (including phenoxy) is 1. The van der Waals surface area contributed by atoms with E-state index in [9.17, 15) is 17.2 Å². The molecule has 3 rings (SSSR count). The van der Waals surface area contributed by atoms with E-state index in [0.717, 1.165) is 5.69 Å². The molecule has 1 aliphatic heterocycles. The van der Waals surface area contributed by atoms with Crippen molar-refractivity contribution in [1.82, 2.24) is 4.31 Å². The van der Waals surface area contributed by atoms with Gasteiger partial charge < -0.3 is 9.64 Å². The molecular weight excluding hydrogens is 374 g/mol. The first-order valence-corrected chi connectivity index (χ1v) is 10.4. The molecule has 27 heavy (non-hydrogen) atoms. The first-order chi connectivity index (χ1) is 13.0. The molecule has 146 valence electrons. The summed E-state index contributed by atoms with van der Waals surface area (Å²) in [5.41, 5.74) is 0.874. The highest BCUT2D eigenvalue weighted by atomic mass is 32.2. The van der Waals surface area contributed by atoms with Crippen LogP contribution in [0, 0.1) is 11.6 Å². The topological polar surface area (TPSA) is 49.9 Å². The first-order valence-electron chi connectivity index (χ1n) is 8.81. The molecular formula is C19H22F2N2O3S. The molecule has 1 heterocycles. The number of para-hydroxylation sites is 1. The summed E-state index contributed by atoms with van der Waals surface area (Å²) in [7, 11) is -3.50. The van der Waals surface area contributed by atoms with Crippen molar-refractivity contribution in [1.29, 1.82) is 0 Å². The smallest absolute Gasteiger partial charge is 0.217 e. The second-order valence-corrected chi connectivity index (χ2v) is 8.40. The Kier molecular flexibility index (Phi) is 6.28. The molecule has 0 amide bonds. The SMILES string of the molecule is O=S(=O)(CCOc1ccccc1F)N1CCCN(c2ccc(F)cc2)CC1. The van der Waals surface area contributed by atoms with Gasteiger partial charge in [-0.05, 0) is 42.8 Å². The average molecular weight is 396 g/mol. The average Bonchev–Trinajstić information content (AvgIpc) is 2.91. The minimum atomic E-state index is -3.50. The van der Waals surface area contributed by atoms with Crippen molar-refractivity contribution in [2.75, 3.05) is 43.4 Å². The fourth-order valence-electron chi connectivity index (χ4n) is 3.03. The predicted octanol–water partition coefficient (Wildman–Crippen LogP) is 2.89. The molecule has 5 nitrogen and oxygen atoms in total. The molecule has 0 spiro atoms. The van der Waals surface area contributed by atoms with Gasteiger partial charge in [-0.25, -0.2) is 17.2 Å². The Hall–Kier alpha value is -2.19. The van der Waals surface area contributed by atoms with Gasteiger partial charge in [0.2, 0.25) is 10.0 Å². The van der Waals surface area contributed by atoms with Crippen LogP contribution < -0.4 is 9.64 Å². The molecule has 0 N–H and O–H groups in total. The Balaban J connectivity index is 1.55. The number of rotatable bonds is 6. The van der Waals surface area contributed by atoms with E-state index in [-0.39, 0.29) is 23.9 Å². The van der Waals surface area contributed by atoms with Crippen LogP contribution in [0.15, 0.2) is 48.5 Å². The van der Waals surface area contributed by atoms with E-state index in [1.807, 2.05) is 4.90 Å². The van der Waals surface area contributed by atoms with Gasteiger partial charge in [-0.2, -0.15) is 4.31 Å². The summed E-state index contributed by atoms with van der Waals surface area (Å²) in [5, 5.41) is 0. The lowest BCUT2D eigenvalue weighted by molar-refractivity contribution is 0.318. The van der Waals surface area contributed by atoms with Crippen LogP contribution in [0.4, 0.5) is 14.5 Å². The van der Waals surface area contributed by atoms with Crippen molar-refractivity contribution >= 4 is 15.7 Å². The lowest BCUT2D eigenvalue weighted by Crippen LogP contribution is -2.37. The molecule has 8 heteroatoms. The van der Waals surface area contributed by atoms with Gasteiger partial charge in [0, 0.05) is 31.9 Å². The maximum atomic E-state index is 13.5. The number of hydrogen-bond acceptors (Lipinski definition) is 4. The standard InChI is InChI=1S/C19H22F2N2O3S/c20-16-6-8-17(9-7-16)22-10-3-11-23(13-12-22)27(24,25)15-14-26-19-5-2-1-4-18(19)21/h1-2,4-9H,3,10-15H2. The molecule has 2 aromatic rings. The fourth-order valence-corrected chi connectivity index (χ4v) is 4.35. The minimum Gasteiger partial charge on any atom is -0.489 e. The third kappa shape index (κ3) is 5.17. The molecule has 1 fully saturated rings. The zero-order valence-corrected chi connectivity index (χ0v) is 15.7. The molecule has 1 aliphatic rings. The molecule has 0 radical (unpaired) electrons. The Bertz CT molecular complexity index is 860. The Labute approximate surface area is 158 Å². The van der Waals surface area contributed by atoms with Gasteiger partial charge in [-0.3, -0.25) is 0 Å². The lowest BCUT2D eigenvalue weighted by atomic mass is 10.2. The highest BCUT2D eigenvalue weighted by Crippen LogP contribution is 2.19. The molecule has 0 bridgehead atoms. The third-order valence-corrected chi connectivity index (χ3v) is 6.31. The molecule has 1 saturated heterocycles. The number of halogens is 2. The van der Waals surface area contributed by atoms with Crippen LogP contribution in [0.25, 0.3) is 0 Å². The minimum absolute atomic E-state index is 0.0473. The van der Waals surface area contributed by atoms with Crippen molar-refractivity contribution in [3.05, 3.63) is 60.2 Å². The zero-order valence-electron chi connectivity index (χ0n) is 14.9. The van der Waals surface area contributed by atoms with E-state index in [2.05, 4.69) is 0 Å². The van der Waals surface area contributed by atoms with Gasteiger partial charge in [0.1, 0.15) is 12.4 Å². The summed E-state index contributed by atoms with van der Waals surface area (Å²) in [4.78, 5) is 2.05. The highest BCUT2D eigenvalue weighted by molar-refractivity contribution is 7.89. The van der Waals surface area contributed by atoms with E-state index < -0.39 is 15.8 Å². The van der Waals surface area contributed by atoms with Crippen LogP contribution in [0.5, 0.6) is 5.75 Å². The quantitative estimate of drug-likeness (QED) is 0.754. The summed E-state index contributed by atoms with van der Waals surface area (Å²) in [5.74, 6) is -0.976. The normalized spacial score (nSPS) is 16.1. The van der Waals surface area contributed by atoms with Crippen LogP contribution in [0.3, 0.4) is 0 Å². The van der Waals surface area contributed by atoms with Crippen LogP contribution in [-0.2, 0) is 10.0 Å². The van der Waals surface area contributed by atoms with E-state index in [1.54, 1.807) is 24.3 Å². The van der Waals surface area contributed by atoms with Crippen LogP contribution in [0.1, 0.15) is 6.42 Å². The maximum absolute atomic E-state index is 13.5. The fraction of sp³-hybridized carbons (Fsp3) is 0.368. The van der Waals surface area contributed by atoms with Crippen molar-refractivity contribution < 1.29 is 21.9 Å². The number of anilines is 1. The van der Waals surface area contributed by atoms with Gasteiger partial charge in [-0.1, -0.05) is 12.1 Å². The van der Waals surface area contributed by atoms with Gasteiger partial charge in [0.05, 0.1) is 5.75 Å². The molecule has 0 aliphatic carbocycles. The van der Waals surface area contributed by atoms with E-state index in [1.165, 1.54) is 28.6 Å². The van der Waals surface area contributed by atoms with Crippen molar-refractivity contribution in [3.8, 4) is 5.75 Å². The van der Waals surface area contributed by atoms with Crippen LogP contribution in [-0.4, -0.2) is 51.3 Å². The maximum Gasteiger partial charge on any atom is 0.217 e. The van der Waals surface area contributed by atoms with E-state index in [0.29, 0.717) is 32.6 Å². The van der Waals surface area contributed by atoms with Gasteiger partial charge in [-0.15, -0.1) is 0 Å². The third-order valence-electron chi connectivity index (χ3n) is 4.48. The van der Waals surface area contributed by atoms with Crippen LogP contribution >= 0.6 is 0 Å². The Morgan fingerprint density at radius 3 is 2.41 bits per heavy atom. The lowest BCUT2D eigenvalue weighted by Gasteiger charge is -2.23. The van der Waals surface area contributed by atoms with Crippen molar-refractivity contribution in [2.24, 2.45) is 0 Å². The Morgan fingerprint density at radius 1 is 0.926 bits per heavy atom. The number of benzene rings is 2. The highest BCUT2D eigenvalue weighted by Gasteiger charge is 2.25. The Morgan fingerprint density at radius 2 is 1.67 bits per heavy atom. The number of sulfonamides is 1. The van der Waals surface area contributed by atoms with Gasteiger partial charge in [0.25, 0.3) is 0 Å². The summed E-state index contributed by atoms with van der Waals surface area (Å²) < 4.78 is 58.5. The second kappa shape index (κ2) is 8.67. The predicted molar refractivity (Wildman–Crippen MR) is 100 cm³/mol. The number of hydrogen-bond donors (Lipinski definition) is 0. The second-order valence-electron chi connectivity index (χ2n) is 6.31.